The Hall–Kier alpha value is -3.30. The molecule has 1 amide bonds. The number of Topliss-reactive ketones (excluding diaryl/α,β-unsaturated/α-hetero) is 1. The van der Waals surface area contributed by atoms with Crippen LogP contribution in [0.1, 0.15) is 65.4 Å². The van der Waals surface area contributed by atoms with E-state index in [1.807, 2.05) is 11.9 Å². The van der Waals surface area contributed by atoms with Gasteiger partial charge in [-0.1, -0.05) is 6.42 Å². The van der Waals surface area contributed by atoms with Crippen molar-refractivity contribution in [2.24, 2.45) is 11.8 Å². The molecule has 0 radical (unpaired) electrons. The molecule has 186 valence electrons. The van der Waals surface area contributed by atoms with E-state index in [4.69, 9.17) is 0 Å². The molecule has 0 unspecified atom stereocenters. The van der Waals surface area contributed by atoms with Crippen LogP contribution >= 0.6 is 0 Å². The SMILES string of the molecule is CCN1C(=O)c2c(O)c(=O)c(C(=O)CCc3c(F)cc(F)cc3F)cn2N2C[C@@H]3CCC[C@@H](C3)[C@@H]12. The number of piperidine rings is 1. The number of carbonyl (C=O) groups is 2. The van der Waals surface area contributed by atoms with Crippen molar-refractivity contribution in [1.82, 2.24) is 9.58 Å². The maximum atomic E-state index is 14.0. The van der Waals surface area contributed by atoms with Gasteiger partial charge in [-0.15, -0.1) is 0 Å². The van der Waals surface area contributed by atoms with Gasteiger partial charge < -0.3 is 10.0 Å². The van der Waals surface area contributed by atoms with Crippen molar-refractivity contribution < 1.29 is 27.9 Å². The molecule has 1 saturated carbocycles. The summed E-state index contributed by atoms with van der Waals surface area (Å²) in [6, 6.07) is 1.06. The number of aromatic hydroxyl groups is 1. The van der Waals surface area contributed by atoms with Crippen LogP contribution in [0.2, 0.25) is 0 Å². The Morgan fingerprint density at radius 2 is 1.86 bits per heavy atom. The van der Waals surface area contributed by atoms with Crippen LogP contribution in [0.4, 0.5) is 13.2 Å². The van der Waals surface area contributed by atoms with Crippen molar-refractivity contribution in [3.05, 3.63) is 62.8 Å². The summed E-state index contributed by atoms with van der Waals surface area (Å²) in [5.41, 5.74) is -2.00. The lowest BCUT2D eigenvalue weighted by Crippen LogP contribution is -2.67. The molecule has 1 aliphatic carbocycles. The van der Waals surface area contributed by atoms with Gasteiger partial charge in [0.05, 0.1) is 5.56 Å². The number of nitrogens with zero attached hydrogens (tertiary/aromatic N) is 3. The van der Waals surface area contributed by atoms with E-state index in [9.17, 15) is 32.7 Å². The summed E-state index contributed by atoms with van der Waals surface area (Å²) < 4.78 is 42.6. The summed E-state index contributed by atoms with van der Waals surface area (Å²) in [6.45, 7) is 2.87. The highest BCUT2D eigenvalue weighted by Crippen LogP contribution is 2.41. The highest BCUT2D eigenvalue weighted by Gasteiger charge is 2.48. The minimum Gasteiger partial charge on any atom is -0.502 e. The highest BCUT2D eigenvalue weighted by molar-refractivity contribution is 6.00. The van der Waals surface area contributed by atoms with E-state index in [0.717, 1.165) is 25.7 Å². The topological polar surface area (TPSA) is 82.9 Å². The number of ketones is 1. The summed E-state index contributed by atoms with van der Waals surface area (Å²) in [4.78, 5) is 40.8. The Kier molecular flexibility index (Phi) is 5.85. The molecule has 1 N–H and O–H groups in total. The molecule has 35 heavy (non-hydrogen) atoms. The first-order chi connectivity index (χ1) is 16.7. The minimum absolute atomic E-state index is 0.180. The monoisotopic (exact) mass is 489 g/mol. The molecular weight excluding hydrogens is 463 g/mol. The molecule has 5 rings (SSSR count). The predicted molar refractivity (Wildman–Crippen MR) is 120 cm³/mol. The van der Waals surface area contributed by atoms with Crippen molar-refractivity contribution in [3.8, 4) is 5.75 Å². The van der Waals surface area contributed by atoms with Crippen molar-refractivity contribution in [2.45, 2.75) is 51.6 Å². The number of hydrogen-bond acceptors (Lipinski definition) is 5. The maximum Gasteiger partial charge on any atom is 0.278 e. The Bertz CT molecular complexity index is 1250. The third-order valence-electron chi connectivity index (χ3n) is 7.57. The Labute approximate surface area is 199 Å². The largest absolute Gasteiger partial charge is 0.502 e. The minimum atomic E-state index is -1.12. The molecule has 7 nitrogen and oxygen atoms in total. The first-order valence-electron chi connectivity index (χ1n) is 11.9. The molecule has 2 bridgehead atoms. The third-order valence-corrected chi connectivity index (χ3v) is 7.57. The molecule has 1 aromatic carbocycles. The molecule has 3 aliphatic rings. The summed E-state index contributed by atoms with van der Waals surface area (Å²) in [6.07, 6.45) is 4.28. The fourth-order valence-electron chi connectivity index (χ4n) is 5.98. The smallest absolute Gasteiger partial charge is 0.278 e. The van der Waals surface area contributed by atoms with Gasteiger partial charge in [0.1, 0.15) is 23.6 Å². The fourth-order valence-corrected chi connectivity index (χ4v) is 5.98. The van der Waals surface area contributed by atoms with Crippen LogP contribution in [0, 0.1) is 29.3 Å². The van der Waals surface area contributed by atoms with Crippen LogP contribution < -0.4 is 10.4 Å². The maximum absolute atomic E-state index is 14.0. The average Bonchev–Trinajstić information content (AvgIpc) is 2.81. The number of benzene rings is 1. The van der Waals surface area contributed by atoms with Crippen LogP contribution in [0.15, 0.2) is 23.1 Å². The molecule has 0 spiro atoms. The summed E-state index contributed by atoms with van der Waals surface area (Å²) in [7, 11) is 0. The molecule has 2 aliphatic heterocycles. The fraction of sp³-hybridized carbons (Fsp3) is 0.480. The number of carbonyl (C=O) groups excluding carboxylic acids is 2. The van der Waals surface area contributed by atoms with Gasteiger partial charge in [-0.25, -0.2) is 13.2 Å². The van der Waals surface area contributed by atoms with Gasteiger partial charge in [-0.3, -0.25) is 24.1 Å². The number of halogens is 3. The van der Waals surface area contributed by atoms with Gasteiger partial charge in [0.25, 0.3) is 5.91 Å². The molecule has 1 saturated heterocycles. The van der Waals surface area contributed by atoms with Gasteiger partial charge in [0.15, 0.2) is 17.2 Å². The van der Waals surface area contributed by atoms with Crippen LogP contribution in [-0.4, -0.2) is 45.6 Å². The zero-order valence-electron chi connectivity index (χ0n) is 19.3. The summed E-state index contributed by atoms with van der Waals surface area (Å²) in [5.74, 6) is -4.68. The number of aromatic nitrogens is 1. The normalized spacial score (nSPS) is 23.2. The summed E-state index contributed by atoms with van der Waals surface area (Å²) >= 11 is 0. The Balaban J connectivity index is 1.52. The lowest BCUT2D eigenvalue weighted by molar-refractivity contribution is 0.0230. The van der Waals surface area contributed by atoms with Crippen LogP contribution in [0.25, 0.3) is 0 Å². The number of pyridine rings is 1. The zero-order valence-corrected chi connectivity index (χ0v) is 19.3. The Morgan fingerprint density at radius 3 is 2.54 bits per heavy atom. The van der Waals surface area contributed by atoms with E-state index < -0.39 is 58.7 Å². The van der Waals surface area contributed by atoms with E-state index in [0.29, 0.717) is 31.1 Å². The molecule has 3 heterocycles. The second kappa shape index (κ2) is 8.73. The van der Waals surface area contributed by atoms with E-state index in [1.165, 1.54) is 10.9 Å². The van der Waals surface area contributed by atoms with Crippen LogP contribution in [0.3, 0.4) is 0 Å². The Morgan fingerprint density at radius 1 is 1.14 bits per heavy atom. The molecular formula is C25H26F3N3O4. The predicted octanol–water partition coefficient (Wildman–Crippen LogP) is 3.35. The van der Waals surface area contributed by atoms with Crippen LogP contribution in [-0.2, 0) is 6.42 Å². The number of rotatable bonds is 5. The first-order valence-corrected chi connectivity index (χ1v) is 11.9. The van der Waals surface area contributed by atoms with E-state index in [1.54, 1.807) is 4.90 Å². The lowest BCUT2D eigenvalue weighted by Gasteiger charge is -2.55. The standard InChI is InChI=1S/C25H26F3N3O4/c1-2-29-24-14-5-3-4-13(8-14)11-31(24)30-12-17(22(33)23(34)21(30)25(29)35)20(32)7-6-16-18(27)9-15(26)10-19(16)28/h9-10,12-14,24,34H,2-8,11H2,1H3/t13-,14+,24+/m1/s1. The quantitative estimate of drug-likeness (QED) is 0.652. The van der Waals surface area contributed by atoms with Crippen molar-refractivity contribution in [2.75, 3.05) is 18.1 Å². The molecule has 2 fully saturated rings. The molecule has 10 heteroatoms. The van der Waals surface area contributed by atoms with E-state index in [-0.39, 0.29) is 23.3 Å². The second-order valence-electron chi connectivity index (χ2n) is 9.60. The van der Waals surface area contributed by atoms with Crippen molar-refractivity contribution in [1.29, 1.82) is 0 Å². The third kappa shape index (κ3) is 3.79. The lowest BCUT2D eigenvalue weighted by atomic mass is 9.75. The molecule has 1 aromatic heterocycles. The second-order valence-corrected chi connectivity index (χ2v) is 9.60. The first kappa shape index (κ1) is 23.4. The van der Waals surface area contributed by atoms with Gasteiger partial charge in [-0.05, 0) is 44.4 Å². The number of hydrogen-bond donors (Lipinski definition) is 1. The zero-order chi connectivity index (χ0) is 25.0. The average molecular weight is 489 g/mol. The van der Waals surface area contributed by atoms with Gasteiger partial charge in [0, 0.05) is 43.4 Å². The van der Waals surface area contributed by atoms with Gasteiger partial charge in [-0.2, -0.15) is 0 Å². The van der Waals surface area contributed by atoms with E-state index in [2.05, 4.69) is 0 Å². The van der Waals surface area contributed by atoms with Crippen molar-refractivity contribution in [3.63, 3.8) is 0 Å². The van der Waals surface area contributed by atoms with Crippen molar-refractivity contribution >= 4 is 11.7 Å². The highest BCUT2D eigenvalue weighted by atomic mass is 19.1. The van der Waals surface area contributed by atoms with Gasteiger partial charge in [0.2, 0.25) is 5.43 Å². The number of fused-ring (bicyclic) bond motifs is 6. The van der Waals surface area contributed by atoms with Crippen LogP contribution in [0.5, 0.6) is 5.75 Å². The molecule has 3 atom stereocenters. The van der Waals surface area contributed by atoms with E-state index >= 15 is 0 Å². The number of amides is 1. The summed E-state index contributed by atoms with van der Waals surface area (Å²) in [5, 5.41) is 12.7. The molecule has 2 aromatic rings. The van der Waals surface area contributed by atoms with Gasteiger partial charge >= 0.3 is 0 Å².